The van der Waals surface area contributed by atoms with E-state index in [1.165, 1.54) is 0 Å². The highest BCUT2D eigenvalue weighted by Crippen LogP contribution is 2.20. The number of carbonyl (C=O) groups is 1. The van der Waals surface area contributed by atoms with Crippen molar-refractivity contribution < 1.29 is 4.79 Å². The lowest BCUT2D eigenvalue weighted by atomic mass is 10.1. The van der Waals surface area contributed by atoms with Crippen molar-refractivity contribution in [1.29, 1.82) is 0 Å². The highest BCUT2D eigenvalue weighted by Gasteiger charge is 2.21. The summed E-state index contributed by atoms with van der Waals surface area (Å²) in [6.07, 6.45) is 0. The summed E-state index contributed by atoms with van der Waals surface area (Å²) in [5, 5.41) is 3.97. The van der Waals surface area contributed by atoms with Crippen LogP contribution in [0.15, 0.2) is 0 Å². The Kier molecular flexibility index (Phi) is 4.47. The van der Waals surface area contributed by atoms with Crippen LogP contribution < -0.4 is 0 Å². The third-order valence-corrected chi connectivity index (χ3v) is 2.92. The van der Waals surface area contributed by atoms with Gasteiger partial charge in [0.25, 0.3) is 5.91 Å². The molecule has 0 saturated carbocycles. The van der Waals surface area contributed by atoms with Crippen molar-refractivity contribution in [3.05, 3.63) is 10.6 Å². The number of alkyl halides is 1. The van der Waals surface area contributed by atoms with Crippen LogP contribution >= 0.6 is 23.1 Å². The van der Waals surface area contributed by atoms with Crippen LogP contribution in [0.2, 0.25) is 0 Å². The Morgan fingerprint density at radius 2 is 2.27 bits per heavy atom. The summed E-state index contributed by atoms with van der Waals surface area (Å²) in [5.41, 5.74) is 0.770. The van der Waals surface area contributed by atoms with Crippen LogP contribution in [0, 0.1) is 0 Å². The highest BCUT2D eigenvalue weighted by atomic mass is 35.5. The van der Waals surface area contributed by atoms with E-state index in [0.29, 0.717) is 17.3 Å². The fourth-order valence-corrected chi connectivity index (χ4v) is 2.19. The first-order chi connectivity index (χ1) is 7.07. The summed E-state index contributed by atoms with van der Waals surface area (Å²) < 4.78 is 3.82. The van der Waals surface area contributed by atoms with Gasteiger partial charge in [-0.1, -0.05) is 18.3 Å². The van der Waals surface area contributed by atoms with Crippen LogP contribution in [0.3, 0.4) is 0 Å². The zero-order chi connectivity index (χ0) is 11.4. The van der Waals surface area contributed by atoms with Gasteiger partial charge in [-0.2, -0.15) is 0 Å². The normalized spacial score (nSPS) is 10.7. The minimum atomic E-state index is -0.0469. The Bertz CT molecular complexity index is 340. The fourth-order valence-electron chi connectivity index (χ4n) is 1.13. The number of hydrogen-bond acceptors (Lipinski definition) is 4. The van der Waals surface area contributed by atoms with Crippen molar-refractivity contribution in [2.45, 2.75) is 19.8 Å². The average molecular weight is 248 g/mol. The number of amides is 1. The molecular formula is C9H14ClN3OS. The van der Waals surface area contributed by atoms with Crippen molar-refractivity contribution in [2.24, 2.45) is 0 Å². The van der Waals surface area contributed by atoms with Crippen LogP contribution in [0.25, 0.3) is 0 Å². The van der Waals surface area contributed by atoms with E-state index in [-0.39, 0.29) is 11.8 Å². The zero-order valence-electron chi connectivity index (χ0n) is 9.03. The molecule has 1 amide bonds. The van der Waals surface area contributed by atoms with Crippen molar-refractivity contribution in [2.75, 3.05) is 19.5 Å². The van der Waals surface area contributed by atoms with Crippen molar-refractivity contribution >= 4 is 29.0 Å². The molecule has 0 radical (unpaired) electrons. The smallest absolute Gasteiger partial charge is 0.267 e. The maximum Gasteiger partial charge on any atom is 0.267 e. The van der Waals surface area contributed by atoms with Gasteiger partial charge in [-0.15, -0.1) is 16.7 Å². The van der Waals surface area contributed by atoms with E-state index < -0.39 is 0 Å². The maximum atomic E-state index is 11.9. The number of rotatable bonds is 4. The second kappa shape index (κ2) is 5.42. The van der Waals surface area contributed by atoms with E-state index in [9.17, 15) is 4.79 Å². The molecule has 0 bridgehead atoms. The summed E-state index contributed by atoms with van der Waals surface area (Å²) >= 11 is 6.73. The van der Waals surface area contributed by atoms with Gasteiger partial charge < -0.3 is 4.90 Å². The van der Waals surface area contributed by atoms with Gasteiger partial charge in [0.2, 0.25) is 0 Å². The van der Waals surface area contributed by atoms with Crippen LogP contribution in [0.4, 0.5) is 0 Å². The molecule has 0 spiro atoms. The fraction of sp³-hybridized carbons (Fsp3) is 0.667. The molecule has 1 aromatic rings. The summed E-state index contributed by atoms with van der Waals surface area (Å²) in [4.78, 5) is 14.1. The van der Waals surface area contributed by atoms with E-state index >= 15 is 0 Å². The molecule has 0 aliphatic rings. The molecule has 6 heteroatoms. The van der Waals surface area contributed by atoms with Gasteiger partial charge in [0.1, 0.15) is 4.88 Å². The number of carbonyl (C=O) groups excluding carboxylic acids is 1. The first kappa shape index (κ1) is 12.4. The SMILES string of the molecule is CC(C)c1nnsc1C(=O)N(C)CCCl. The number of halogens is 1. The Morgan fingerprint density at radius 3 is 2.80 bits per heavy atom. The molecule has 1 rings (SSSR count). The van der Waals surface area contributed by atoms with E-state index in [1.54, 1.807) is 11.9 Å². The molecule has 84 valence electrons. The molecule has 1 heterocycles. The van der Waals surface area contributed by atoms with Crippen LogP contribution in [-0.4, -0.2) is 39.9 Å². The minimum absolute atomic E-state index is 0.0469. The Balaban J connectivity index is 2.86. The Morgan fingerprint density at radius 1 is 1.60 bits per heavy atom. The summed E-state index contributed by atoms with van der Waals surface area (Å²) in [7, 11) is 1.73. The highest BCUT2D eigenvalue weighted by molar-refractivity contribution is 7.08. The first-order valence-electron chi connectivity index (χ1n) is 4.71. The van der Waals surface area contributed by atoms with Gasteiger partial charge in [0.15, 0.2) is 0 Å². The van der Waals surface area contributed by atoms with Gasteiger partial charge >= 0.3 is 0 Å². The van der Waals surface area contributed by atoms with Crippen LogP contribution in [0.1, 0.15) is 35.1 Å². The lowest BCUT2D eigenvalue weighted by Gasteiger charge is -2.15. The minimum Gasteiger partial charge on any atom is -0.340 e. The average Bonchev–Trinajstić information content (AvgIpc) is 2.65. The second-order valence-corrected chi connectivity index (χ2v) is 4.69. The van der Waals surface area contributed by atoms with E-state index in [2.05, 4.69) is 9.59 Å². The largest absolute Gasteiger partial charge is 0.340 e. The molecule has 15 heavy (non-hydrogen) atoms. The van der Waals surface area contributed by atoms with Gasteiger partial charge in [0, 0.05) is 19.5 Å². The molecule has 0 saturated heterocycles. The van der Waals surface area contributed by atoms with Gasteiger partial charge in [-0.3, -0.25) is 4.79 Å². The van der Waals surface area contributed by atoms with Gasteiger partial charge in [-0.25, -0.2) is 0 Å². The predicted molar refractivity (Wildman–Crippen MR) is 61.7 cm³/mol. The summed E-state index contributed by atoms with van der Waals surface area (Å²) in [6.45, 7) is 4.53. The molecule has 0 aliphatic carbocycles. The Labute approximate surface area is 98.4 Å². The van der Waals surface area contributed by atoms with Crippen molar-refractivity contribution in [3.63, 3.8) is 0 Å². The quantitative estimate of drug-likeness (QED) is 0.765. The third-order valence-electron chi connectivity index (χ3n) is 2.02. The molecule has 4 nitrogen and oxygen atoms in total. The summed E-state index contributed by atoms with van der Waals surface area (Å²) in [6, 6.07) is 0. The second-order valence-electron chi connectivity index (χ2n) is 3.56. The number of hydrogen-bond donors (Lipinski definition) is 0. The molecule has 1 aromatic heterocycles. The number of aromatic nitrogens is 2. The van der Waals surface area contributed by atoms with Gasteiger partial charge in [0.05, 0.1) is 5.69 Å². The number of nitrogens with zero attached hydrogens (tertiary/aromatic N) is 3. The topological polar surface area (TPSA) is 46.1 Å². The van der Waals surface area contributed by atoms with E-state index in [4.69, 9.17) is 11.6 Å². The first-order valence-corrected chi connectivity index (χ1v) is 6.02. The van der Waals surface area contributed by atoms with Crippen LogP contribution in [-0.2, 0) is 0 Å². The molecule has 0 aliphatic heterocycles. The van der Waals surface area contributed by atoms with E-state index in [1.807, 2.05) is 13.8 Å². The molecule has 0 fully saturated rings. The van der Waals surface area contributed by atoms with Crippen molar-refractivity contribution in [3.8, 4) is 0 Å². The third kappa shape index (κ3) is 2.89. The Hall–Kier alpha value is -0.680. The molecule has 0 unspecified atom stereocenters. The predicted octanol–water partition coefficient (Wildman–Crippen LogP) is 1.97. The molecular weight excluding hydrogens is 234 g/mol. The monoisotopic (exact) mass is 247 g/mol. The molecule has 0 N–H and O–H groups in total. The van der Waals surface area contributed by atoms with Crippen molar-refractivity contribution in [1.82, 2.24) is 14.5 Å². The van der Waals surface area contributed by atoms with Gasteiger partial charge in [-0.05, 0) is 17.5 Å². The van der Waals surface area contributed by atoms with E-state index in [0.717, 1.165) is 17.2 Å². The zero-order valence-corrected chi connectivity index (χ0v) is 10.6. The standard InChI is InChI=1S/C9H14ClN3OS/c1-6(2)7-8(15-12-11-7)9(14)13(3)5-4-10/h6H,4-5H2,1-3H3. The van der Waals surface area contributed by atoms with Crippen LogP contribution in [0.5, 0.6) is 0 Å². The lowest BCUT2D eigenvalue weighted by molar-refractivity contribution is 0.0806. The maximum absolute atomic E-state index is 11.9. The molecule has 0 atom stereocenters. The molecule has 0 aromatic carbocycles. The summed E-state index contributed by atoms with van der Waals surface area (Å²) in [5.74, 6) is 0.604. The lowest BCUT2D eigenvalue weighted by Crippen LogP contribution is -2.28.